The van der Waals surface area contributed by atoms with E-state index in [1.807, 2.05) is 12.1 Å². The van der Waals surface area contributed by atoms with Crippen molar-refractivity contribution in [2.75, 3.05) is 44.2 Å². The van der Waals surface area contributed by atoms with E-state index in [4.69, 9.17) is 4.52 Å². The van der Waals surface area contributed by atoms with Crippen molar-refractivity contribution in [3.05, 3.63) is 24.2 Å². The van der Waals surface area contributed by atoms with Crippen LogP contribution in [0.1, 0.15) is 44.4 Å². The lowest BCUT2D eigenvalue weighted by atomic mass is 9.95. The Morgan fingerprint density at radius 3 is 2.73 bits per heavy atom. The van der Waals surface area contributed by atoms with Gasteiger partial charge >= 0.3 is 0 Å². The zero-order valence-corrected chi connectivity index (χ0v) is 17.8. The molecule has 0 aromatic carbocycles. The van der Waals surface area contributed by atoms with Gasteiger partial charge in [-0.2, -0.15) is 4.98 Å². The third-order valence-corrected chi connectivity index (χ3v) is 6.12. The molecule has 4 rings (SSSR count). The topological polar surface area (TPSA) is 87.4 Å². The predicted molar refractivity (Wildman–Crippen MR) is 115 cm³/mol. The number of hydrogen-bond acceptors (Lipinski definition) is 7. The number of pyridine rings is 1. The van der Waals surface area contributed by atoms with Gasteiger partial charge in [-0.25, -0.2) is 4.98 Å². The lowest BCUT2D eigenvalue weighted by Gasteiger charge is -2.33. The summed E-state index contributed by atoms with van der Waals surface area (Å²) in [6, 6.07) is 3.85. The van der Waals surface area contributed by atoms with Gasteiger partial charge in [0.1, 0.15) is 5.82 Å². The summed E-state index contributed by atoms with van der Waals surface area (Å²) in [6.07, 6.45) is 8.47. The van der Waals surface area contributed by atoms with E-state index in [-0.39, 0.29) is 11.8 Å². The van der Waals surface area contributed by atoms with Gasteiger partial charge in [-0.05, 0) is 63.9 Å². The number of amides is 1. The van der Waals surface area contributed by atoms with E-state index in [1.165, 1.54) is 32.4 Å². The van der Waals surface area contributed by atoms with Gasteiger partial charge in [-0.1, -0.05) is 11.6 Å². The molecule has 2 fully saturated rings. The molecule has 0 spiro atoms. The number of anilines is 1. The van der Waals surface area contributed by atoms with Gasteiger partial charge in [0.15, 0.2) is 0 Å². The zero-order chi connectivity index (χ0) is 20.8. The zero-order valence-electron chi connectivity index (χ0n) is 17.8. The number of carbonyl (C=O) groups excluding carboxylic acids is 1. The molecule has 1 amide bonds. The van der Waals surface area contributed by atoms with Crippen LogP contribution in [0.3, 0.4) is 0 Å². The van der Waals surface area contributed by atoms with Crippen LogP contribution in [0.5, 0.6) is 0 Å². The summed E-state index contributed by atoms with van der Waals surface area (Å²) in [7, 11) is 0. The molecule has 0 bridgehead atoms. The fourth-order valence-electron chi connectivity index (χ4n) is 4.43. The second-order valence-electron chi connectivity index (χ2n) is 8.32. The van der Waals surface area contributed by atoms with Crippen LogP contribution in [0, 0.1) is 12.8 Å². The standard InChI is InChI=1S/C22H32N6O2/c1-17-25-20(26-30-17)19-7-5-10-23-21(19)28-15-8-18(9-16-28)22(29)24-11-6-14-27-12-3-2-4-13-27/h5,7,10,18H,2-4,6,8-9,11-16H2,1H3,(H,24,29). The molecule has 8 heteroatoms. The number of nitrogens with zero attached hydrogens (tertiary/aromatic N) is 5. The summed E-state index contributed by atoms with van der Waals surface area (Å²) in [5, 5.41) is 7.19. The first kappa shape index (κ1) is 20.8. The fourth-order valence-corrected chi connectivity index (χ4v) is 4.43. The van der Waals surface area contributed by atoms with Crippen LogP contribution in [0.15, 0.2) is 22.9 Å². The molecule has 0 atom stereocenters. The van der Waals surface area contributed by atoms with Gasteiger partial charge in [0.05, 0.1) is 5.56 Å². The number of carbonyl (C=O) groups is 1. The summed E-state index contributed by atoms with van der Waals surface area (Å²) >= 11 is 0. The van der Waals surface area contributed by atoms with Crippen molar-refractivity contribution >= 4 is 11.7 Å². The van der Waals surface area contributed by atoms with Crippen LogP contribution in [-0.2, 0) is 4.79 Å². The Morgan fingerprint density at radius 2 is 2.00 bits per heavy atom. The second kappa shape index (κ2) is 10.0. The quantitative estimate of drug-likeness (QED) is 0.700. The van der Waals surface area contributed by atoms with E-state index in [9.17, 15) is 4.79 Å². The lowest BCUT2D eigenvalue weighted by molar-refractivity contribution is -0.125. The average Bonchev–Trinajstić information content (AvgIpc) is 3.23. The van der Waals surface area contributed by atoms with E-state index in [1.54, 1.807) is 13.1 Å². The molecule has 162 valence electrons. The first-order chi connectivity index (χ1) is 14.7. The van der Waals surface area contributed by atoms with Crippen molar-refractivity contribution in [1.29, 1.82) is 0 Å². The minimum atomic E-state index is 0.0795. The van der Waals surface area contributed by atoms with E-state index in [0.29, 0.717) is 11.7 Å². The molecule has 8 nitrogen and oxygen atoms in total. The number of aromatic nitrogens is 3. The highest BCUT2D eigenvalue weighted by molar-refractivity contribution is 5.79. The molecule has 2 saturated heterocycles. The van der Waals surface area contributed by atoms with Crippen LogP contribution in [0.2, 0.25) is 0 Å². The summed E-state index contributed by atoms with van der Waals surface area (Å²) in [6.45, 7) is 7.67. The maximum atomic E-state index is 12.6. The van der Waals surface area contributed by atoms with Crippen molar-refractivity contribution in [2.24, 2.45) is 5.92 Å². The molecule has 2 aliphatic rings. The first-order valence-corrected chi connectivity index (χ1v) is 11.2. The molecule has 0 radical (unpaired) electrons. The second-order valence-corrected chi connectivity index (χ2v) is 8.32. The highest BCUT2D eigenvalue weighted by Crippen LogP contribution is 2.30. The monoisotopic (exact) mass is 412 g/mol. The minimum Gasteiger partial charge on any atom is -0.356 e. The number of aryl methyl sites for hydroxylation is 1. The van der Waals surface area contributed by atoms with Crippen molar-refractivity contribution in [2.45, 2.75) is 45.4 Å². The molecule has 0 aliphatic carbocycles. The van der Waals surface area contributed by atoms with Crippen LogP contribution >= 0.6 is 0 Å². The van der Waals surface area contributed by atoms with Crippen LogP contribution in [-0.4, -0.2) is 65.2 Å². The summed E-state index contributed by atoms with van der Waals surface area (Å²) in [5.74, 6) is 2.23. The smallest absolute Gasteiger partial charge is 0.223 e. The third-order valence-electron chi connectivity index (χ3n) is 6.12. The molecular formula is C22H32N6O2. The third kappa shape index (κ3) is 5.16. The Labute approximate surface area is 178 Å². The van der Waals surface area contributed by atoms with E-state index in [2.05, 4.69) is 30.2 Å². The minimum absolute atomic E-state index is 0.0795. The fraction of sp³-hybridized carbons (Fsp3) is 0.636. The van der Waals surface area contributed by atoms with E-state index in [0.717, 1.165) is 56.8 Å². The number of likely N-dealkylation sites (tertiary alicyclic amines) is 1. The molecule has 0 unspecified atom stereocenters. The summed E-state index contributed by atoms with van der Waals surface area (Å²) in [4.78, 5) is 26.2. The van der Waals surface area contributed by atoms with Gasteiger partial charge in [0, 0.05) is 38.7 Å². The molecule has 30 heavy (non-hydrogen) atoms. The number of hydrogen-bond donors (Lipinski definition) is 1. The summed E-state index contributed by atoms with van der Waals surface area (Å²) in [5.41, 5.74) is 0.870. The highest BCUT2D eigenvalue weighted by Gasteiger charge is 2.27. The maximum Gasteiger partial charge on any atom is 0.223 e. The van der Waals surface area contributed by atoms with Crippen molar-refractivity contribution in [3.63, 3.8) is 0 Å². The van der Waals surface area contributed by atoms with Crippen LogP contribution < -0.4 is 10.2 Å². The molecule has 2 aromatic heterocycles. The molecule has 2 aromatic rings. The summed E-state index contributed by atoms with van der Waals surface area (Å²) < 4.78 is 5.13. The highest BCUT2D eigenvalue weighted by atomic mass is 16.5. The average molecular weight is 413 g/mol. The van der Waals surface area contributed by atoms with Gasteiger partial charge in [-0.15, -0.1) is 0 Å². The SMILES string of the molecule is Cc1nc(-c2cccnc2N2CCC(C(=O)NCCCN3CCCCC3)CC2)no1. The number of rotatable bonds is 7. The Balaban J connectivity index is 1.24. The number of nitrogens with one attached hydrogen (secondary N) is 1. The Hall–Kier alpha value is -2.48. The molecule has 1 N–H and O–H groups in total. The molecule has 2 aliphatic heterocycles. The first-order valence-electron chi connectivity index (χ1n) is 11.2. The van der Waals surface area contributed by atoms with Gasteiger partial charge < -0.3 is 19.6 Å². The number of piperidine rings is 2. The Kier molecular flexibility index (Phi) is 6.94. The normalized spacial score (nSPS) is 18.5. The van der Waals surface area contributed by atoms with Crippen molar-refractivity contribution < 1.29 is 9.32 Å². The van der Waals surface area contributed by atoms with E-state index < -0.39 is 0 Å². The molecular weight excluding hydrogens is 380 g/mol. The molecule has 4 heterocycles. The largest absolute Gasteiger partial charge is 0.356 e. The van der Waals surface area contributed by atoms with Gasteiger partial charge in [0.2, 0.25) is 17.6 Å². The van der Waals surface area contributed by atoms with Crippen LogP contribution in [0.25, 0.3) is 11.4 Å². The van der Waals surface area contributed by atoms with Crippen molar-refractivity contribution in [3.8, 4) is 11.4 Å². The van der Waals surface area contributed by atoms with Gasteiger partial charge in [0.25, 0.3) is 0 Å². The van der Waals surface area contributed by atoms with Crippen LogP contribution in [0.4, 0.5) is 5.82 Å². The Morgan fingerprint density at radius 1 is 1.20 bits per heavy atom. The maximum absolute atomic E-state index is 12.6. The predicted octanol–water partition coefficient (Wildman–Crippen LogP) is 2.65. The van der Waals surface area contributed by atoms with E-state index >= 15 is 0 Å². The lowest BCUT2D eigenvalue weighted by Crippen LogP contribution is -2.41. The molecule has 0 saturated carbocycles. The van der Waals surface area contributed by atoms with Gasteiger partial charge in [-0.3, -0.25) is 4.79 Å². The van der Waals surface area contributed by atoms with Crippen molar-refractivity contribution in [1.82, 2.24) is 25.3 Å². The Bertz CT molecular complexity index is 825.